The molecule has 1 aromatic heterocycles. The van der Waals surface area contributed by atoms with Crippen LogP contribution < -0.4 is 10.6 Å². The summed E-state index contributed by atoms with van der Waals surface area (Å²) in [5.74, 6) is -0.158. The molecular weight excluding hydrogens is 436 g/mol. The van der Waals surface area contributed by atoms with E-state index >= 15 is 0 Å². The predicted molar refractivity (Wildman–Crippen MR) is 112 cm³/mol. The number of nitrogens with zero attached hydrogens (tertiary/aromatic N) is 2. The summed E-state index contributed by atoms with van der Waals surface area (Å²) in [6.07, 6.45) is 0.805. The number of nitrogens with one attached hydrogen (secondary N) is 2. The Balaban J connectivity index is 1.91. The first-order valence-corrected chi connectivity index (χ1v) is 9.87. The Morgan fingerprint density at radius 3 is 2.55 bits per heavy atom. The van der Waals surface area contributed by atoms with Crippen molar-refractivity contribution in [3.8, 4) is 6.07 Å². The fourth-order valence-corrected chi connectivity index (χ4v) is 3.10. The molecule has 29 heavy (non-hydrogen) atoms. The second-order valence-electron chi connectivity index (χ2n) is 6.84. The molecule has 0 saturated carbocycles. The maximum atomic E-state index is 12.5. The molecule has 2 N–H and O–H groups in total. The fourth-order valence-electron chi connectivity index (χ4n) is 2.79. The number of halogens is 1. The zero-order chi connectivity index (χ0) is 21.0. The number of fused-ring (bicyclic) bond motifs is 1. The van der Waals surface area contributed by atoms with Gasteiger partial charge in [0.2, 0.25) is 0 Å². The molecule has 0 saturated heterocycles. The molecule has 1 aromatic carbocycles. The van der Waals surface area contributed by atoms with E-state index in [1.54, 1.807) is 30.3 Å². The minimum atomic E-state index is -0.482. The smallest absolute Gasteiger partial charge is 0.292 e. The summed E-state index contributed by atoms with van der Waals surface area (Å²) >= 11 is 3.16. The van der Waals surface area contributed by atoms with Crippen LogP contribution in [0.25, 0.3) is 5.70 Å². The molecule has 148 valence electrons. The van der Waals surface area contributed by atoms with Crippen LogP contribution in [0.15, 0.2) is 56.1 Å². The van der Waals surface area contributed by atoms with Gasteiger partial charge in [-0.15, -0.1) is 0 Å². The summed E-state index contributed by atoms with van der Waals surface area (Å²) in [5.41, 5.74) is 1.38. The van der Waals surface area contributed by atoms with E-state index in [-0.39, 0.29) is 22.9 Å². The van der Waals surface area contributed by atoms with Crippen LogP contribution in [0, 0.1) is 17.2 Å². The van der Waals surface area contributed by atoms with Crippen LogP contribution >= 0.6 is 15.9 Å². The van der Waals surface area contributed by atoms with Crippen LogP contribution in [-0.2, 0) is 4.79 Å². The standard InChI is InChI=1S/C21H19BrN4O3/c1-12(2)9-10-24-20(27)15(11-23)18-13-5-3-4-6-14(13)19(25-18)26-21(28)16-7-8-17(22)29-16/h3-8,12H,9-10H2,1-2H3,(H,24,27)(H,25,26,28)/b18-15-. The molecule has 0 radical (unpaired) electrons. The van der Waals surface area contributed by atoms with Gasteiger partial charge in [0.15, 0.2) is 10.4 Å². The lowest BCUT2D eigenvalue weighted by Crippen LogP contribution is -2.30. The number of carbonyl (C=O) groups is 2. The van der Waals surface area contributed by atoms with Gasteiger partial charge in [-0.25, -0.2) is 4.99 Å². The van der Waals surface area contributed by atoms with Crippen LogP contribution in [0.4, 0.5) is 0 Å². The quantitative estimate of drug-likeness (QED) is 0.530. The number of nitriles is 1. The number of carbonyl (C=O) groups excluding carboxylic acids is 2. The second kappa shape index (κ2) is 8.88. The number of benzene rings is 1. The van der Waals surface area contributed by atoms with Gasteiger partial charge < -0.3 is 15.1 Å². The summed E-state index contributed by atoms with van der Waals surface area (Å²) < 4.78 is 5.69. The molecule has 1 aliphatic heterocycles. The first-order chi connectivity index (χ1) is 13.9. The van der Waals surface area contributed by atoms with Gasteiger partial charge in [-0.05, 0) is 40.4 Å². The molecule has 1 aliphatic rings. The van der Waals surface area contributed by atoms with Crippen molar-refractivity contribution in [1.29, 1.82) is 5.26 Å². The highest BCUT2D eigenvalue weighted by atomic mass is 79.9. The van der Waals surface area contributed by atoms with Gasteiger partial charge >= 0.3 is 0 Å². The number of amidine groups is 1. The molecule has 0 aliphatic carbocycles. The molecular formula is C21H19BrN4O3. The topological polar surface area (TPSA) is 107 Å². The van der Waals surface area contributed by atoms with Crippen molar-refractivity contribution in [1.82, 2.24) is 10.6 Å². The number of amides is 2. The van der Waals surface area contributed by atoms with Crippen LogP contribution in [0.1, 0.15) is 41.9 Å². The molecule has 2 aromatic rings. The molecule has 0 atom stereocenters. The molecule has 0 spiro atoms. The Hall–Kier alpha value is -3.18. The van der Waals surface area contributed by atoms with Crippen molar-refractivity contribution in [2.75, 3.05) is 6.54 Å². The monoisotopic (exact) mass is 454 g/mol. The van der Waals surface area contributed by atoms with E-state index in [9.17, 15) is 14.9 Å². The van der Waals surface area contributed by atoms with Crippen molar-refractivity contribution >= 4 is 39.3 Å². The molecule has 7 nitrogen and oxygen atoms in total. The number of furan rings is 1. The maximum absolute atomic E-state index is 12.5. The van der Waals surface area contributed by atoms with Crippen molar-refractivity contribution in [2.24, 2.45) is 10.9 Å². The minimum Gasteiger partial charge on any atom is -0.444 e. The highest BCUT2D eigenvalue weighted by molar-refractivity contribution is 9.10. The van der Waals surface area contributed by atoms with Crippen molar-refractivity contribution < 1.29 is 14.0 Å². The Kier molecular flexibility index (Phi) is 6.29. The van der Waals surface area contributed by atoms with Crippen LogP contribution in [0.2, 0.25) is 0 Å². The van der Waals surface area contributed by atoms with Crippen molar-refractivity contribution in [2.45, 2.75) is 20.3 Å². The van der Waals surface area contributed by atoms with Gasteiger partial charge in [0.25, 0.3) is 11.8 Å². The summed E-state index contributed by atoms with van der Waals surface area (Å²) in [6.45, 7) is 4.58. The highest BCUT2D eigenvalue weighted by Crippen LogP contribution is 2.30. The molecule has 3 rings (SSSR count). The molecule has 0 bridgehead atoms. The SMILES string of the molecule is CC(C)CCNC(=O)/C(C#N)=C1\N=C(NC(=O)c2ccc(Br)o2)c2ccccc21. The van der Waals surface area contributed by atoms with Gasteiger partial charge in [-0.1, -0.05) is 38.1 Å². The second-order valence-corrected chi connectivity index (χ2v) is 7.62. The first kappa shape index (κ1) is 20.6. The third-order valence-corrected chi connectivity index (χ3v) is 4.70. The van der Waals surface area contributed by atoms with Crippen molar-refractivity contribution in [3.05, 3.63) is 63.5 Å². The summed E-state index contributed by atoms with van der Waals surface area (Å²) in [4.78, 5) is 29.4. The van der Waals surface area contributed by atoms with E-state index in [4.69, 9.17) is 4.42 Å². The summed E-state index contributed by atoms with van der Waals surface area (Å²) in [7, 11) is 0. The van der Waals surface area contributed by atoms with E-state index in [2.05, 4.69) is 45.4 Å². The van der Waals surface area contributed by atoms with Gasteiger partial charge in [0.1, 0.15) is 17.5 Å². The molecule has 0 fully saturated rings. The number of rotatable bonds is 5. The summed E-state index contributed by atoms with van der Waals surface area (Å²) in [5, 5.41) is 15.0. The van der Waals surface area contributed by atoms with Crippen molar-refractivity contribution in [3.63, 3.8) is 0 Å². The third kappa shape index (κ3) is 4.63. The molecule has 8 heteroatoms. The Labute approximate surface area is 176 Å². The fraction of sp³-hybridized carbons (Fsp3) is 0.238. The van der Waals surface area contributed by atoms with Gasteiger partial charge in [0, 0.05) is 17.7 Å². The number of aliphatic imine (C=N–C) groups is 1. The predicted octanol–water partition coefficient (Wildman–Crippen LogP) is 3.63. The van der Waals surface area contributed by atoms with Crippen LogP contribution in [0.5, 0.6) is 0 Å². The van der Waals surface area contributed by atoms with E-state index in [0.717, 1.165) is 6.42 Å². The summed E-state index contributed by atoms with van der Waals surface area (Å²) in [6, 6.07) is 12.2. The number of hydrogen-bond acceptors (Lipinski definition) is 5. The molecule has 0 unspecified atom stereocenters. The zero-order valence-corrected chi connectivity index (χ0v) is 17.5. The van der Waals surface area contributed by atoms with E-state index in [1.807, 2.05) is 6.07 Å². The average Bonchev–Trinajstić information content (AvgIpc) is 3.27. The largest absolute Gasteiger partial charge is 0.444 e. The Bertz CT molecular complexity index is 1060. The number of hydrogen-bond donors (Lipinski definition) is 2. The lowest BCUT2D eigenvalue weighted by Gasteiger charge is -2.07. The van der Waals surface area contributed by atoms with Gasteiger partial charge in [0.05, 0.1) is 5.70 Å². The Morgan fingerprint density at radius 2 is 1.93 bits per heavy atom. The maximum Gasteiger partial charge on any atom is 0.292 e. The average molecular weight is 455 g/mol. The lowest BCUT2D eigenvalue weighted by molar-refractivity contribution is -0.117. The minimum absolute atomic E-state index is 0.0915. The Morgan fingerprint density at radius 1 is 1.21 bits per heavy atom. The lowest BCUT2D eigenvalue weighted by atomic mass is 10.0. The van der Waals surface area contributed by atoms with E-state index in [1.165, 1.54) is 6.07 Å². The first-order valence-electron chi connectivity index (χ1n) is 9.08. The van der Waals surface area contributed by atoms with E-state index < -0.39 is 11.8 Å². The van der Waals surface area contributed by atoms with Gasteiger partial charge in [-0.3, -0.25) is 9.59 Å². The highest BCUT2D eigenvalue weighted by Gasteiger charge is 2.27. The molecule has 2 heterocycles. The molecule has 2 amide bonds. The normalized spacial score (nSPS) is 14.1. The van der Waals surface area contributed by atoms with E-state index in [0.29, 0.717) is 28.3 Å². The van der Waals surface area contributed by atoms with Crippen LogP contribution in [0.3, 0.4) is 0 Å². The zero-order valence-electron chi connectivity index (χ0n) is 16.0. The van der Waals surface area contributed by atoms with Crippen LogP contribution in [-0.4, -0.2) is 24.2 Å². The van der Waals surface area contributed by atoms with Gasteiger partial charge in [-0.2, -0.15) is 5.26 Å². The third-order valence-electron chi connectivity index (χ3n) is 4.27.